The Morgan fingerprint density at radius 3 is 2.48 bits per heavy atom. The van der Waals surface area contributed by atoms with Gasteiger partial charge in [-0.25, -0.2) is 4.39 Å². The molecule has 2 heterocycles. The summed E-state index contributed by atoms with van der Waals surface area (Å²) in [5, 5.41) is 17.9. The molecule has 0 bridgehead atoms. The molecule has 1 aromatic carbocycles. The van der Waals surface area contributed by atoms with Crippen molar-refractivity contribution in [3.63, 3.8) is 0 Å². The van der Waals surface area contributed by atoms with Crippen molar-refractivity contribution in [3.8, 4) is 11.8 Å². The number of piperidine rings is 1. The number of nitriles is 1. The van der Waals surface area contributed by atoms with E-state index in [9.17, 15) is 9.65 Å². The standard InChI is InChI=1S/C15H16FN5/c1-11-6-8-20(9-7-11)15-14(10-17)18-21(19-15)13-4-2-12(16)3-5-13/h2-5,11H,6-9H2,1H3. The number of hydrogen-bond acceptors (Lipinski definition) is 4. The van der Waals surface area contributed by atoms with Crippen molar-refractivity contribution >= 4 is 5.82 Å². The van der Waals surface area contributed by atoms with Crippen LogP contribution >= 0.6 is 0 Å². The fraction of sp³-hybridized carbons (Fsp3) is 0.400. The van der Waals surface area contributed by atoms with Gasteiger partial charge in [0.2, 0.25) is 5.69 Å². The summed E-state index contributed by atoms with van der Waals surface area (Å²) in [7, 11) is 0. The van der Waals surface area contributed by atoms with E-state index >= 15 is 0 Å². The van der Waals surface area contributed by atoms with E-state index in [1.54, 1.807) is 12.1 Å². The van der Waals surface area contributed by atoms with Crippen LogP contribution in [0, 0.1) is 23.1 Å². The highest BCUT2D eigenvalue weighted by molar-refractivity contribution is 5.50. The second-order valence-electron chi connectivity index (χ2n) is 5.42. The predicted molar refractivity (Wildman–Crippen MR) is 76.6 cm³/mol. The van der Waals surface area contributed by atoms with Gasteiger partial charge in [-0.15, -0.1) is 15.0 Å². The lowest BCUT2D eigenvalue weighted by atomic mass is 9.99. The molecule has 3 rings (SSSR count). The highest BCUT2D eigenvalue weighted by Crippen LogP contribution is 2.24. The van der Waals surface area contributed by atoms with Crippen LogP contribution in [-0.4, -0.2) is 28.1 Å². The van der Waals surface area contributed by atoms with Gasteiger partial charge in [0.25, 0.3) is 0 Å². The average Bonchev–Trinajstić information content (AvgIpc) is 2.93. The molecule has 1 aliphatic rings. The van der Waals surface area contributed by atoms with Crippen LogP contribution < -0.4 is 4.90 Å². The van der Waals surface area contributed by atoms with Gasteiger partial charge in [-0.1, -0.05) is 6.92 Å². The van der Waals surface area contributed by atoms with Gasteiger partial charge in [0.1, 0.15) is 11.9 Å². The molecule has 1 aromatic heterocycles. The third-order valence-electron chi connectivity index (χ3n) is 3.84. The first-order valence-corrected chi connectivity index (χ1v) is 7.05. The van der Waals surface area contributed by atoms with Gasteiger partial charge < -0.3 is 4.90 Å². The number of hydrogen-bond donors (Lipinski definition) is 0. The largest absolute Gasteiger partial charge is 0.353 e. The lowest BCUT2D eigenvalue weighted by Gasteiger charge is -2.30. The molecule has 0 saturated carbocycles. The van der Waals surface area contributed by atoms with Crippen LogP contribution in [0.25, 0.3) is 5.69 Å². The minimum atomic E-state index is -0.309. The number of aromatic nitrogens is 3. The number of benzene rings is 1. The number of halogens is 1. The van der Waals surface area contributed by atoms with E-state index in [-0.39, 0.29) is 5.82 Å². The summed E-state index contributed by atoms with van der Waals surface area (Å²) in [6, 6.07) is 8.00. The second kappa shape index (κ2) is 5.52. The number of nitrogens with zero attached hydrogens (tertiary/aromatic N) is 5. The van der Waals surface area contributed by atoms with Crippen LogP contribution in [0.15, 0.2) is 24.3 Å². The van der Waals surface area contributed by atoms with Crippen molar-refractivity contribution in [2.75, 3.05) is 18.0 Å². The summed E-state index contributed by atoms with van der Waals surface area (Å²) in [5.74, 6) is 1.02. The first-order valence-electron chi connectivity index (χ1n) is 7.05. The number of anilines is 1. The summed E-state index contributed by atoms with van der Waals surface area (Å²) in [6.45, 7) is 4.01. The van der Waals surface area contributed by atoms with Gasteiger partial charge in [-0.2, -0.15) is 5.26 Å². The van der Waals surface area contributed by atoms with Gasteiger partial charge in [0.15, 0.2) is 5.82 Å². The monoisotopic (exact) mass is 285 g/mol. The Bertz CT molecular complexity index is 662. The molecule has 1 fully saturated rings. The van der Waals surface area contributed by atoms with Crippen LogP contribution in [0.3, 0.4) is 0 Å². The SMILES string of the molecule is CC1CCN(c2nn(-c3ccc(F)cc3)nc2C#N)CC1. The van der Waals surface area contributed by atoms with E-state index in [1.165, 1.54) is 16.9 Å². The summed E-state index contributed by atoms with van der Waals surface area (Å²) < 4.78 is 13.0. The molecule has 1 aliphatic heterocycles. The zero-order valence-corrected chi connectivity index (χ0v) is 11.8. The highest BCUT2D eigenvalue weighted by Gasteiger charge is 2.22. The van der Waals surface area contributed by atoms with Crippen LogP contribution in [0.1, 0.15) is 25.5 Å². The summed E-state index contributed by atoms with van der Waals surface area (Å²) in [5.41, 5.74) is 0.957. The molecule has 0 atom stereocenters. The molecular formula is C15H16FN5. The first-order chi connectivity index (χ1) is 10.2. The molecule has 0 radical (unpaired) electrons. The quantitative estimate of drug-likeness (QED) is 0.850. The minimum absolute atomic E-state index is 0.309. The maximum atomic E-state index is 13.0. The van der Waals surface area contributed by atoms with Gasteiger partial charge in [0.05, 0.1) is 5.69 Å². The third kappa shape index (κ3) is 2.72. The van der Waals surface area contributed by atoms with E-state index in [0.29, 0.717) is 23.1 Å². The lowest BCUT2D eigenvalue weighted by Crippen LogP contribution is -2.33. The van der Waals surface area contributed by atoms with Crippen molar-refractivity contribution in [3.05, 3.63) is 35.8 Å². The van der Waals surface area contributed by atoms with Crippen molar-refractivity contribution in [2.24, 2.45) is 5.92 Å². The van der Waals surface area contributed by atoms with Crippen LogP contribution in [0.4, 0.5) is 10.2 Å². The van der Waals surface area contributed by atoms with E-state index in [2.05, 4.69) is 28.1 Å². The smallest absolute Gasteiger partial charge is 0.207 e. The minimum Gasteiger partial charge on any atom is -0.353 e. The molecule has 0 spiro atoms. The fourth-order valence-corrected chi connectivity index (χ4v) is 2.49. The molecule has 0 unspecified atom stereocenters. The maximum Gasteiger partial charge on any atom is 0.207 e. The molecule has 0 N–H and O–H groups in total. The van der Waals surface area contributed by atoms with Crippen molar-refractivity contribution in [2.45, 2.75) is 19.8 Å². The fourth-order valence-electron chi connectivity index (χ4n) is 2.49. The Morgan fingerprint density at radius 2 is 1.86 bits per heavy atom. The van der Waals surface area contributed by atoms with Crippen molar-refractivity contribution < 1.29 is 4.39 Å². The molecule has 5 nitrogen and oxygen atoms in total. The molecule has 1 saturated heterocycles. The van der Waals surface area contributed by atoms with Crippen molar-refractivity contribution in [1.82, 2.24) is 15.0 Å². The van der Waals surface area contributed by atoms with Crippen LogP contribution in [0.5, 0.6) is 0 Å². The predicted octanol–water partition coefficient (Wildman–Crippen LogP) is 2.51. The highest BCUT2D eigenvalue weighted by atomic mass is 19.1. The van der Waals surface area contributed by atoms with Gasteiger partial charge in [-0.05, 0) is 43.0 Å². The summed E-state index contributed by atoms with van der Waals surface area (Å²) in [4.78, 5) is 3.50. The Labute approximate surface area is 122 Å². The first kappa shape index (κ1) is 13.6. The molecule has 0 aliphatic carbocycles. The maximum absolute atomic E-state index is 13.0. The summed E-state index contributed by atoms with van der Waals surface area (Å²) >= 11 is 0. The topological polar surface area (TPSA) is 57.7 Å². The van der Waals surface area contributed by atoms with E-state index in [1.807, 2.05) is 0 Å². The van der Waals surface area contributed by atoms with Crippen LogP contribution in [0.2, 0.25) is 0 Å². The Balaban J connectivity index is 1.91. The molecule has 6 heteroatoms. The number of rotatable bonds is 2. The average molecular weight is 285 g/mol. The Hall–Kier alpha value is -2.42. The molecule has 108 valence electrons. The van der Waals surface area contributed by atoms with E-state index < -0.39 is 0 Å². The molecular weight excluding hydrogens is 269 g/mol. The molecule has 0 amide bonds. The zero-order valence-electron chi connectivity index (χ0n) is 11.8. The van der Waals surface area contributed by atoms with E-state index in [0.717, 1.165) is 25.9 Å². The van der Waals surface area contributed by atoms with E-state index in [4.69, 9.17) is 0 Å². The zero-order chi connectivity index (χ0) is 14.8. The summed E-state index contributed by atoms with van der Waals surface area (Å²) in [6.07, 6.45) is 2.18. The van der Waals surface area contributed by atoms with Gasteiger partial charge in [-0.3, -0.25) is 0 Å². The third-order valence-corrected chi connectivity index (χ3v) is 3.84. The Kier molecular flexibility index (Phi) is 3.57. The van der Waals surface area contributed by atoms with Gasteiger partial charge in [0, 0.05) is 13.1 Å². The molecule has 2 aromatic rings. The van der Waals surface area contributed by atoms with Crippen molar-refractivity contribution in [1.29, 1.82) is 5.26 Å². The second-order valence-corrected chi connectivity index (χ2v) is 5.42. The van der Waals surface area contributed by atoms with Crippen LogP contribution in [-0.2, 0) is 0 Å². The molecule has 21 heavy (non-hydrogen) atoms. The normalized spacial score (nSPS) is 16.0. The van der Waals surface area contributed by atoms with Gasteiger partial charge >= 0.3 is 0 Å². The lowest BCUT2D eigenvalue weighted by molar-refractivity contribution is 0.436. The Morgan fingerprint density at radius 1 is 1.19 bits per heavy atom.